The maximum Gasteiger partial charge on any atom is 1.00 e. The number of ether oxygens (including phenoxy) is 3. The van der Waals surface area contributed by atoms with E-state index < -0.39 is 88.8 Å². The van der Waals surface area contributed by atoms with Gasteiger partial charge >= 0.3 is 86.9 Å². The maximum absolute atomic E-state index is 12.4. The fourth-order valence-electron chi connectivity index (χ4n) is 8.69. The van der Waals surface area contributed by atoms with E-state index in [0.717, 1.165) is 46.5 Å². The van der Waals surface area contributed by atoms with Crippen molar-refractivity contribution in [2.24, 2.45) is 0 Å². The summed E-state index contributed by atoms with van der Waals surface area (Å²) >= 11 is 0. The molecule has 0 radical (unpaired) electrons. The first-order valence-corrected chi connectivity index (χ1v) is 33.3. The normalized spacial score (nSPS) is 12.4. The van der Waals surface area contributed by atoms with Crippen molar-refractivity contribution in [3.8, 4) is 20.9 Å². The monoisotopic (exact) mass is 1640 g/mol. The molecule has 3 atom stereocenters. The number of benzene rings is 9. The van der Waals surface area contributed by atoms with Crippen molar-refractivity contribution in [2.75, 3.05) is 14.2 Å². The third kappa shape index (κ3) is 22.1. The first-order chi connectivity index (χ1) is 45.9. The summed E-state index contributed by atoms with van der Waals surface area (Å²) in [5.74, 6) is -8.24. The van der Waals surface area contributed by atoms with E-state index >= 15 is 0 Å². The summed E-state index contributed by atoms with van der Waals surface area (Å²) in [6.07, 6.45) is -11.2. The van der Waals surface area contributed by atoms with E-state index in [1.165, 1.54) is 33.9 Å². The zero-order chi connectivity index (χ0) is 72.7. The molecule has 1 aliphatic heterocycles. The molecule has 2 N–H and O–H groups in total. The minimum atomic E-state index is -6.09. The van der Waals surface area contributed by atoms with Gasteiger partial charge in [-0.1, -0.05) is 140 Å². The van der Waals surface area contributed by atoms with E-state index in [9.17, 15) is 86.0 Å². The maximum atomic E-state index is 12.4. The van der Waals surface area contributed by atoms with E-state index in [2.05, 4.69) is 65.4 Å². The van der Waals surface area contributed by atoms with E-state index in [0.29, 0.717) is 21.6 Å². The Kier molecular flexibility index (Phi) is 32.0. The van der Waals surface area contributed by atoms with Gasteiger partial charge in [-0.3, -0.25) is 4.55 Å². The van der Waals surface area contributed by atoms with Crippen LogP contribution in [0.1, 0.15) is 31.1 Å². The second-order valence-corrected chi connectivity index (χ2v) is 27.0. The average Bonchev–Trinajstić information content (AvgIpc) is 1.61. The van der Waals surface area contributed by atoms with Crippen molar-refractivity contribution in [2.45, 2.75) is 33.2 Å². The number of alkyl halides is 12. The van der Waals surface area contributed by atoms with Crippen molar-refractivity contribution in [3.63, 3.8) is 0 Å². The summed E-state index contributed by atoms with van der Waals surface area (Å²) in [6, 6.07) is 73.1. The molecular formula is C65H45F12INaO17S5-. The van der Waals surface area contributed by atoms with Crippen LogP contribution in [0.3, 0.4) is 0 Å². The Hall–Kier alpha value is -8.21. The standard InChI is InChI=1S/C20H15O2S.C19H12O2S.C14H10O3S.C6H6.C4F6O3.2CHF3O3S.HI.Na.H2O/c1-22-20(21)17-12-7-11-16-15-10-5-6-13-18(15)23(19(16)17)14-8-3-2-4-9-14;20-19(21)16-11-6-10-15-14-9-4-5-12-17(14)22(18(15)16)13-7-2-1-3-8-13;1-17-14(15)11-7-4-6-10-9-5-2-3-8-12(9)18(16)13(10)11;1-2-4-6-5-3-1;5-3(6,7)1(11)13-2(12)4(8,9)10;2*2-1(3,4)8(5,6)7;;;/h2-13H,1H3;1-12H;2-8H,1H3;1-6H;;2*(H,5,6,7);1H;;1H2/q+1;;;;;;;;+1;/p-3. The molecule has 9 aromatic carbocycles. The average molecular weight is 1640 g/mol. The number of aromatic carboxylic acids is 1. The number of fused-ring (bicyclic) bond motifs is 9. The molecule has 0 amide bonds. The third-order valence-corrected chi connectivity index (χ3v) is 20.2. The molecular weight excluding hydrogens is 1590 g/mol. The van der Waals surface area contributed by atoms with Crippen molar-refractivity contribution in [3.05, 3.63) is 241 Å². The van der Waals surface area contributed by atoms with Gasteiger partial charge in [0.1, 0.15) is 5.56 Å². The van der Waals surface area contributed by atoms with Crippen molar-refractivity contribution in [1.82, 2.24) is 0 Å². The molecule has 0 spiro atoms. The minimum absolute atomic E-state index is 0. The Morgan fingerprint density at radius 2 is 0.752 bits per heavy atom. The Morgan fingerprint density at radius 1 is 0.446 bits per heavy atom. The molecule has 11 aromatic rings. The predicted octanol–water partition coefficient (Wildman–Crippen LogP) is 9.38. The second kappa shape index (κ2) is 37.1. The molecule has 530 valence electrons. The van der Waals surface area contributed by atoms with Crippen LogP contribution in [0.4, 0.5) is 52.7 Å². The first-order valence-electron chi connectivity index (χ1n) is 26.9. The van der Waals surface area contributed by atoms with Crippen LogP contribution in [0.5, 0.6) is 0 Å². The van der Waals surface area contributed by atoms with Crippen LogP contribution < -0.4 is 58.6 Å². The quantitative estimate of drug-likeness (QED) is 0.0193. The summed E-state index contributed by atoms with van der Waals surface area (Å²) in [7, 11) is -11.1. The number of carboxylic acids is 1. The SMILES string of the molecule is COC(=O)c1cccc2c1S(=O)c1ccccc1-2.COC(=O)c1cccc2c3ccccc3[s+](-c3ccccc3)c12.O=C(OC(=O)C(F)(F)F)C(F)(F)F.O=C([O-])c1cccc2c3ccccc3[s+](-c3ccccc3)c12.O=S(=O)(O)C(F)(F)F.O=S(=O)([O-])C(F)(F)F.[I-].[Na+].[OH-].c1ccccc1. The number of carbonyl (C=O) groups is 5. The second-order valence-electron chi connectivity index (χ2n) is 19.0. The number of methoxy groups -OCH3 is 2. The van der Waals surface area contributed by atoms with Crippen LogP contribution in [0.25, 0.3) is 61.3 Å². The first kappa shape index (κ1) is 87.0. The molecule has 0 aliphatic carbocycles. The van der Waals surface area contributed by atoms with E-state index in [4.69, 9.17) is 35.4 Å². The number of carbonyl (C=O) groups excluding carboxylic acids is 5. The number of carboxylic acid groups (broad SMARTS) is 1. The smallest absolute Gasteiger partial charge is 1.00 e. The Labute approximate surface area is 611 Å². The molecule has 0 saturated heterocycles. The molecule has 36 heteroatoms. The molecule has 1 aliphatic rings. The van der Waals surface area contributed by atoms with Gasteiger partial charge in [-0.15, -0.1) is 0 Å². The molecule has 0 fully saturated rings. The van der Waals surface area contributed by atoms with E-state index in [1.54, 1.807) is 24.3 Å². The number of thiophene rings is 2. The largest absolute Gasteiger partial charge is 1.00 e. The summed E-state index contributed by atoms with van der Waals surface area (Å²) < 4.78 is 213. The zero-order valence-electron chi connectivity index (χ0n) is 51.3. The Morgan fingerprint density at radius 3 is 1.13 bits per heavy atom. The fraction of sp³-hybridized carbons (Fsp3) is 0.0923. The van der Waals surface area contributed by atoms with Gasteiger partial charge in [-0.05, 0) is 90.5 Å². The van der Waals surface area contributed by atoms with Crippen LogP contribution in [-0.4, -0.2) is 103 Å². The molecule has 12 rings (SSSR count). The van der Waals surface area contributed by atoms with Crippen LogP contribution >= 0.6 is 20.9 Å². The van der Waals surface area contributed by atoms with Crippen LogP contribution in [-0.2, 0) is 54.8 Å². The third-order valence-electron chi connectivity index (χ3n) is 12.7. The van der Waals surface area contributed by atoms with Gasteiger partial charge in [-0.25, -0.2) is 31.8 Å². The molecule has 2 aromatic heterocycles. The fourth-order valence-corrected chi connectivity index (χ4v) is 15.3. The number of rotatable bonds is 5. The summed E-state index contributed by atoms with van der Waals surface area (Å²) in [6.45, 7) is 0. The van der Waals surface area contributed by atoms with Crippen LogP contribution in [0, 0.1) is 0 Å². The predicted molar refractivity (Wildman–Crippen MR) is 339 cm³/mol. The number of hydrogen-bond donors (Lipinski definition) is 1. The van der Waals surface area contributed by atoms with Gasteiger partial charge in [0.2, 0.25) is 4.70 Å². The van der Waals surface area contributed by atoms with Gasteiger partial charge in [-0.2, -0.15) is 61.1 Å². The van der Waals surface area contributed by atoms with Crippen molar-refractivity contribution >= 4 is 122 Å². The van der Waals surface area contributed by atoms with Gasteiger partial charge < -0.3 is 58.1 Å². The van der Waals surface area contributed by atoms with E-state index in [1.807, 2.05) is 140 Å². The topological polar surface area (TPSA) is 295 Å². The minimum Gasteiger partial charge on any atom is -1.00 e. The Balaban J connectivity index is 0.000000320. The van der Waals surface area contributed by atoms with Gasteiger partial charge in [0.15, 0.2) is 34.0 Å². The molecule has 3 unspecified atom stereocenters. The molecule has 0 saturated carbocycles. The van der Waals surface area contributed by atoms with Gasteiger partial charge in [0.25, 0.3) is 0 Å². The Bertz CT molecular complexity index is 4870. The molecule has 17 nitrogen and oxygen atoms in total. The van der Waals surface area contributed by atoms with Gasteiger partial charge in [0.05, 0.1) is 51.9 Å². The number of halogens is 13. The molecule has 3 heterocycles. The summed E-state index contributed by atoms with van der Waals surface area (Å²) in [4.78, 5) is 58.5. The van der Waals surface area contributed by atoms with Crippen molar-refractivity contribution in [1.29, 1.82) is 0 Å². The van der Waals surface area contributed by atoms with Crippen LogP contribution in [0.15, 0.2) is 234 Å². The van der Waals surface area contributed by atoms with E-state index in [-0.39, 0.29) is 75.4 Å². The molecule has 0 bridgehead atoms. The van der Waals surface area contributed by atoms with Crippen molar-refractivity contribution < 1.29 is 185 Å². The zero-order valence-corrected chi connectivity index (χ0v) is 59.6. The molecule has 101 heavy (non-hydrogen) atoms. The van der Waals surface area contributed by atoms with Crippen LogP contribution in [0.2, 0.25) is 0 Å². The number of esters is 4. The summed E-state index contributed by atoms with van der Waals surface area (Å²) in [5, 5.41) is 16.0. The van der Waals surface area contributed by atoms with Gasteiger partial charge in [0, 0.05) is 48.0 Å². The number of hydrogen-bond acceptors (Lipinski definition) is 16. The summed E-state index contributed by atoms with van der Waals surface area (Å²) in [5.41, 5.74) is -8.07.